The van der Waals surface area contributed by atoms with Crippen LogP contribution in [0.1, 0.15) is 33.2 Å². The summed E-state index contributed by atoms with van der Waals surface area (Å²) in [5.74, 6) is -1.60. The predicted octanol–water partition coefficient (Wildman–Crippen LogP) is 5.72. The Balaban J connectivity index is 1.60. The van der Waals surface area contributed by atoms with E-state index < -0.39 is 11.2 Å². The van der Waals surface area contributed by atoms with Crippen molar-refractivity contribution >= 4 is 52.5 Å². The van der Waals surface area contributed by atoms with Gasteiger partial charge in [-0.3, -0.25) is 9.59 Å². The number of carbonyl (C=O) groups is 3. The second-order valence-electron chi connectivity index (χ2n) is 7.10. The van der Waals surface area contributed by atoms with Crippen LogP contribution in [0.15, 0.2) is 71.6 Å². The van der Waals surface area contributed by atoms with Gasteiger partial charge >= 0.3 is 5.97 Å². The number of nitrogens with one attached hydrogen (secondary N) is 2. The number of hydrogen-bond donors (Lipinski definition) is 3. The lowest BCUT2D eigenvalue weighted by atomic mass is 10.1. The van der Waals surface area contributed by atoms with Crippen molar-refractivity contribution < 1.29 is 19.5 Å². The number of anilines is 2. The van der Waals surface area contributed by atoms with Crippen molar-refractivity contribution in [3.8, 4) is 0 Å². The van der Waals surface area contributed by atoms with E-state index in [-0.39, 0.29) is 28.1 Å². The summed E-state index contributed by atoms with van der Waals surface area (Å²) in [4.78, 5) is 36.9. The van der Waals surface area contributed by atoms with E-state index in [0.717, 1.165) is 10.5 Å². The zero-order chi connectivity index (χ0) is 23.3. The number of rotatable bonds is 7. The zero-order valence-electron chi connectivity index (χ0n) is 17.4. The van der Waals surface area contributed by atoms with Gasteiger partial charge in [0.2, 0.25) is 5.91 Å². The summed E-state index contributed by atoms with van der Waals surface area (Å²) in [5, 5.41) is 14.4. The summed E-state index contributed by atoms with van der Waals surface area (Å²) in [6.07, 6.45) is 0. The summed E-state index contributed by atoms with van der Waals surface area (Å²) in [7, 11) is 0. The number of benzene rings is 3. The molecule has 32 heavy (non-hydrogen) atoms. The molecule has 0 aliphatic rings. The molecule has 6 nitrogen and oxygen atoms in total. The van der Waals surface area contributed by atoms with Gasteiger partial charge in [-0.25, -0.2) is 4.79 Å². The number of aromatic carboxylic acids is 1. The third kappa shape index (κ3) is 6.12. The molecular formula is C24H21ClN2O4S. The van der Waals surface area contributed by atoms with Crippen LogP contribution in [0.3, 0.4) is 0 Å². The number of carbonyl (C=O) groups excluding carboxylic acids is 2. The highest BCUT2D eigenvalue weighted by atomic mass is 35.5. The van der Waals surface area contributed by atoms with Crippen molar-refractivity contribution in [3.63, 3.8) is 0 Å². The lowest BCUT2D eigenvalue weighted by Gasteiger charge is -2.14. The van der Waals surface area contributed by atoms with Crippen LogP contribution in [0.2, 0.25) is 5.02 Å². The standard InChI is InChI=1S/C24H21ClN2O4S/c1-14-4-3-5-16(12-14)23(29)26-18-7-9-19(10-8-18)32-15(2)22(28)27-21-13-17(24(30)31)6-11-20(21)25/h3-13,15H,1-2H3,(H,26,29)(H,27,28)(H,30,31). The zero-order valence-corrected chi connectivity index (χ0v) is 19.0. The summed E-state index contributed by atoms with van der Waals surface area (Å²) in [5.41, 5.74) is 2.52. The minimum atomic E-state index is -1.10. The molecule has 0 saturated heterocycles. The van der Waals surface area contributed by atoms with E-state index in [9.17, 15) is 14.4 Å². The minimum absolute atomic E-state index is 0.0355. The van der Waals surface area contributed by atoms with Crippen molar-refractivity contribution in [2.24, 2.45) is 0 Å². The van der Waals surface area contributed by atoms with Crippen LogP contribution in [0.25, 0.3) is 0 Å². The Morgan fingerprint density at radius 3 is 2.31 bits per heavy atom. The molecular weight excluding hydrogens is 448 g/mol. The fourth-order valence-electron chi connectivity index (χ4n) is 2.85. The second kappa shape index (κ2) is 10.3. The van der Waals surface area contributed by atoms with E-state index in [0.29, 0.717) is 11.3 Å². The molecule has 0 aliphatic heterocycles. The largest absolute Gasteiger partial charge is 0.478 e. The van der Waals surface area contributed by atoms with Crippen LogP contribution in [-0.4, -0.2) is 28.1 Å². The fraction of sp³-hybridized carbons (Fsp3) is 0.125. The Hall–Kier alpha value is -3.29. The summed E-state index contributed by atoms with van der Waals surface area (Å²) < 4.78 is 0. The first kappa shape index (κ1) is 23.4. The number of carboxylic acids is 1. The van der Waals surface area contributed by atoms with Crippen LogP contribution in [0.4, 0.5) is 11.4 Å². The highest BCUT2D eigenvalue weighted by Gasteiger charge is 2.17. The van der Waals surface area contributed by atoms with E-state index >= 15 is 0 Å². The van der Waals surface area contributed by atoms with E-state index in [4.69, 9.17) is 16.7 Å². The molecule has 0 saturated carbocycles. The van der Waals surface area contributed by atoms with E-state index in [2.05, 4.69) is 10.6 Å². The predicted molar refractivity (Wildman–Crippen MR) is 128 cm³/mol. The van der Waals surface area contributed by atoms with Gasteiger partial charge in [-0.15, -0.1) is 11.8 Å². The van der Waals surface area contributed by atoms with Crippen molar-refractivity contribution in [2.45, 2.75) is 24.0 Å². The first-order valence-corrected chi connectivity index (χ1v) is 11.0. The molecule has 1 unspecified atom stereocenters. The van der Waals surface area contributed by atoms with Gasteiger partial charge in [-0.2, -0.15) is 0 Å². The molecule has 0 spiro atoms. The van der Waals surface area contributed by atoms with Gasteiger partial charge in [-0.05, 0) is 68.4 Å². The molecule has 3 aromatic carbocycles. The third-order valence-electron chi connectivity index (χ3n) is 4.55. The van der Waals surface area contributed by atoms with Gasteiger partial charge < -0.3 is 15.7 Å². The van der Waals surface area contributed by atoms with Crippen LogP contribution < -0.4 is 10.6 Å². The average molecular weight is 469 g/mol. The number of aryl methyl sites for hydroxylation is 1. The van der Waals surface area contributed by atoms with Crippen molar-refractivity contribution in [1.82, 2.24) is 0 Å². The molecule has 2 amide bonds. The maximum absolute atomic E-state index is 12.6. The Kier molecular flexibility index (Phi) is 7.56. The topological polar surface area (TPSA) is 95.5 Å². The van der Waals surface area contributed by atoms with Gasteiger partial charge in [0.05, 0.1) is 21.5 Å². The molecule has 0 fully saturated rings. The molecule has 0 radical (unpaired) electrons. The Morgan fingerprint density at radius 1 is 0.938 bits per heavy atom. The van der Waals surface area contributed by atoms with Gasteiger partial charge in [0.1, 0.15) is 0 Å². The van der Waals surface area contributed by atoms with Gasteiger partial charge in [0.15, 0.2) is 0 Å². The highest BCUT2D eigenvalue weighted by molar-refractivity contribution is 8.00. The molecule has 1 atom stereocenters. The Labute approximate surface area is 195 Å². The molecule has 8 heteroatoms. The molecule has 0 heterocycles. The molecule has 3 N–H and O–H groups in total. The van der Waals surface area contributed by atoms with Crippen LogP contribution in [-0.2, 0) is 4.79 Å². The molecule has 3 rings (SSSR count). The average Bonchev–Trinajstić information content (AvgIpc) is 2.76. The molecule has 0 aliphatic carbocycles. The molecule has 3 aromatic rings. The SMILES string of the molecule is Cc1cccc(C(=O)Nc2ccc(SC(C)C(=O)Nc3cc(C(=O)O)ccc3Cl)cc2)c1. The summed E-state index contributed by atoms with van der Waals surface area (Å²) >= 11 is 7.40. The second-order valence-corrected chi connectivity index (χ2v) is 8.92. The van der Waals surface area contributed by atoms with E-state index in [1.807, 2.05) is 37.3 Å². The minimum Gasteiger partial charge on any atom is -0.478 e. The number of hydrogen-bond acceptors (Lipinski definition) is 4. The maximum Gasteiger partial charge on any atom is 0.335 e. The van der Waals surface area contributed by atoms with Crippen molar-refractivity contribution in [3.05, 3.63) is 88.4 Å². The number of halogens is 1. The number of amides is 2. The molecule has 0 bridgehead atoms. The van der Waals surface area contributed by atoms with Crippen molar-refractivity contribution in [1.29, 1.82) is 0 Å². The fourth-order valence-corrected chi connectivity index (χ4v) is 3.88. The van der Waals surface area contributed by atoms with Gasteiger partial charge in [0, 0.05) is 16.1 Å². The van der Waals surface area contributed by atoms with Crippen molar-refractivity contribution in [2.75, 3.05) is 10.6 Å². The van der Waals surface area contributed by atoms with Gasteiger partial charge in [0.25, 0.3) is 5.91 Å². The van der Waals surface area contributed by atoms with E-state index in [1.165, 1.54) is 30.0 Å². The monoisotopic (exact) mass is 468 g/mol. The van der Waals surface area contributed by atoms with E-state index in [1.54, 1.807) is 25.1 Å². The summed E-state index contributed by atoms with van der Waals surface area (Å²) in [6, 6.07) is 18.6. The highest BCUT2D eigenvalue weighted by Crippen LogP contribution is 2.28. The van der Waals surface area contributed by atoms with Crippen LogP contribution in [0.5, 0.6) is 0 Å². The normalized spacial score (nSPS) is 11.5. The Bertz CT molecular complexity index is 1160. The first-order valence-electron chi connectivity index (χ1n) is 9.71. The van der Waals surface area contributed by atoms with Crippen LogP contribution in [0, 0.1) is 6.92 Å². The van der Waals surface area contributed by atoms with Gasteiger partial charge in [-0.1, -0.05) is 29.3 Å². The smallest absolute Gasteiger partial charge is 0.335 e. The lowest BCUT2D eigenvalue weighted by molar-refractivity contribution is -0.115. The molecule has 164 valence electrons. The third-order valence-corrected chi connectivity index (χ3v) is 5.99. The summed E-state index contributed by atoms with van der Waals surface area (Å²) in [6.45, 7) is 3.67. The number of carboxylic acid groups (broad SMARTS) is 1. The number of thioether (sulfide) groups is 1. The molecule has 0 aromatic heterocycles. The quantitative estimate of drug-likeness (QED) is 0.385. The Morgan fingerprint density at radius 2 is 1.66 bits per heavy atom. The first-order chi connectivity index (χ1) is 15.2. The van der Waals surface area contributed by atoms with Crippen LogP contribution >= 0.6 is 23.4 Å². The lowest BCUT2D eigenvalue weighted by Crippen LogP contribution is -2.22. The maximum atomic E-state index is 12.6.